The number of fused-ring (bicyclic) bond motifs is 3. The molecular formula is C20H23NO5S. The van der Waals surface area contributed by atoms with Crippen molar-refractivity contribution in [3.05, 3.63) is 41.6 Å². The number of aromatic nitrogens is 1. The van der Waals surface area contributed by atoms with Crippen LogP contribution in [0.15, 0.2) is 35.2 Å². The molecule has 2 N–H and O–H groups in total. The molecule has 7 heteroatoms. The zero-order chi connectivity index (χ0) is 19.8. The van der Waals surface area contributed by atoms with Gasteiger partial charge in [-0.25, -0.2) is 0 Å². The highest BCUT2D eigenvalue weighted by Gasteiger charge is 2.16. The molecule has 6 nitrogen and oxygen atoms in total. The van der Waals surface area contributed by atoms with Gasteiger partial charge in [-0.15, -0.1) is 0 Å². The molecule has 1 heterocycles. The number of aliphatic carboxylic acids is 1. The summed E-state index contributed by atoms with van der Waals surface area (Å²) in [5, 5.41) is 11.5. The van der Waals surface area contributed by atoms with Crippen LogP contribution < -0.4 is 0 Å². The maximum Gasteiger partial charge on any atom is 0.303 e. The third-order valence-electron chi connectivity index (χ3n) is 5.15. The molecule has 0 aliphatic heterocycles. The van der Waals surface area contributed by atoms with Crippen LogP contribution in [0.5, 0.6) is 0 Å². The first-order valence-electron chi connectivity index (χ1n) is 8.91. The van der Waals surface area contributed by atoms with Gasteiger partial charge in [0.1, 0.15) is 0 Å². The molecule has 0 aliphatic rings. The van der Waals surface area contributed by atoms with Gasteiger partial charge in [0.15, 0.2) is 0 Å². The highest BCUT2D eigenvalue weighted by Crippen LogP contribution is 2.33. The topological polar surface area (TPSA) is 96.6 Å². The molecule has 3 rings (SSSR count). The zero-order valence-corrected chi connectivity index (χ0v) is 16.2. The third kappa shape index (κ3) is 3.84. The highest BCUT2D eigenvalue weighted by molar-refractivity contribution is 7.85. The van der Waals surface area contributed by atoms with Crippen LogP contribution in [0, 0.1) is 13.8 Å². The van der Waals surface area contributed by atoms with E-state index in [-0.39, 0.29) is 11.3 Å². The van der Waals surface area contributed by atoms with E-state index in [1.807, 2.05) is 12.1 Å². The fourth-order valence-electron chi connectivity index (χ4n) is 3.65. The Bertz CT molecular complexity index is 1130. The Morgan fingerprint density at radius 2 is 1.81 bits per heavy atom. The molecule has 0 saturated carbocycles. The number of carboxylic acids is 1. The van der Waals surface area contributed by atoms with E-state index in [1.54, 1.807) is 6.07 Å². The molecule has 3 aromatic rings. The quantitative estimate of drug-likeness (QED) is 0.464. The molecule has 0 radical (unpaired) electrons. The van der Waals surface area contributed by atoms with E-state index in [0.29, 0.717) is 6.42 Å². The number of carboxylic acid groups (broad SMARTS) is 1. The van der Waals surface area contributed by atoms with Crippen LogP contribution >= 0.6 is 0 Å². The van der Waals surface area contributed by atoms with Crippen LogP contribution in [0.3, 0.4) is 0 Å². The number of nitrogens with zero attached hydrogens (tertiary/aromatic N) is 1. The SMILES string of the molecule is Cc1c(C)n(CCCCCC(=O)O)c2ccc3cc(S(=O)(=O)O)ccc3c12. The second-order valence-corrected chi connectivity index (χ2v) is 8.31. The van der Waals surface area contributed by atoms with Crippen molar-refractivity contribution in [1.82, 2.24) is 4.57 Å². The molecule has 0 unspecified atom stereocenters. The van der Waals surface area contributed by atoms with E-state index in [4.69, 9.17) is 5.11 Å². The van der Waals surface area contributed by atoms with Crippen molar-refractivity contribution in [2.45, 2.75) is 51.0 Å². The van der Waals surface area contributed by atoms with Gasteiger partial charge in [-0.1, -0.05) is 18.6 Å². The summed E-state index contributed by atoms with van der Waals surface area (Å²) in [5.41, 5.74) is 3.37. The predicted molar refractivity (Wildman–Crippen MR) is 105 cm³/mol. The van der Waals surface area contributed by atoms with Gasteiger partial charge in [-0.05, 0) is 61.2 Å². The predicted octanol–water partition coefficient (Wildman–Crippen LogP) is 4.30. The van der Waals surface area contributed by atoms with Crippen molar-refractivity contribution >= 4 is 37.8 Å². The van der Waals surface area contributed by atoms with Gasteiger partial charge in [0, 0.05) is 29.6 Å². The van der Waals surface area contributed by atoms with Crippen LogP contribution in [-0.2, 0) is 21.5 Å². The van der Waals surface area contributed by atoms with Crippen molar-refractivity contribution < 1.29 is 22.9 Å². The third-order valence-corrected chi connectivity index (χ3v) is 6.00. The van der Waals surface area contributed by atoms with Crippen LogP contribution in [0.4, 0.5) is 0 Å². The summed E-state index contributed by atoms with van der Waals surface area (Å²) in [4.78, 5) is 10.5. The first kappa shape index (κ1) is 19.4. The van der Waals surface area contributed by atoms with Crippen molar-refractivity contribution in [3.63, 3.8) is 0 Å². The lowest BCUT2D eigenvalue weighted by Crippen LogP contribution is -2.01. The van der Waals surface area contributed by atoms with Crippen molar-refractivity contribution in [1.29, 1.82) is 0 Å². The Balaban J connectivity index is 1.98. The number of unbranched alkanes of at least 4 members (excludes halogenated alkanes) is 2. The fraction of sp³-hybridized carbons (Fsp3) is 0.350. The minimum absolute atomic E-state index is 0.110. The molecule has 0 atom stereocenters. The number of hydrogen-bond acceptors (Lipinski definition) is 3. The van der Waals surface area contributed by atoms with Crippen LogP contribution in [0.1, 0.15) is 36.9 Å². The molecule has 1 aromatic heterocycles. The summed E-state index contributed by atoms with van der Waals surface area (Å²) in [7, 11) is -4.23. The summed E-state index contributed by atoms with van der Waals surface area (Å²) in [6.07, 6.45) is 2.63. The molecular weight excluding hydrogens is 366 g/mol. The summed E-state index contributed by atoms with van der Waals surface area (Å²) in [6, 6.07) is 8.50. The van der Waals surface area contributed by atoms with Crippen LogP contribution in [0.25, 0.3) is 21.7 Å². The van der Waals surface area contributed by atoms with E-state index in [1.165, 1.54) is 12.1 Å². The fourth-order valence-corrected chi connectivity index (χ4v) is 4.17. The van der Waals surface area contributed by atoms with E-state index in [9.17, 15) is 17.8 Å². The summed E-state index contributed by atoms with van der Waals surface area (Å²) in [6.45, 7) is 4.92. The summed E-state index contributed by atoms with van der Waals surface area (Å²) in [5.74, 6) is -0.760. The normalized spacial score (nSPS) is 12.1. The molecule has 0 amide bonds. The standard InChI is InChI=1S/C20H23NO5S/c1-13-14(2)21(11-5-3-4-6-19(22)23)18-10-7-15-12-16(27(24,25)26)8-9-17(15)20(13)18/h7-10,12H,3-6,11H2,1-2H3,(H,22,23)(H,24,25,26). The van der Waals surface area contributed by atoms with Gasteiger partial charge in [-0.3, -0.25) is 9.35 Å². The number of carbonyl (C=O) groups is 1. The van der Waals surface area contributed by atoms with E-state index < -0.39 is 16.1 Å². The second kappa shape index (κ2) is 7.32. The lowest BCUT2D eigenvalue weighted by atomic mass is 10.0. The Morgan fingerprint density at radius 1 is 1.07 bits per heavy atom. The van der Waals surface area contributed by atoms with Gasteiger partial charge in [0.2, 0.25) is 0 Å². The largest absolute Gasteiger partial charge is 0.481 e. The van der Waals surface area contributed by atoms with Gasteiger partial charge in [-0.2, -0.15) is 8.42 Å². The summed E-state index contributed by atoms with van der Waals surface area (Å²) >= 11 is 0. The molecule has 0 bridgehead atoms. The van der Waals surface area contributed by atoms with Crippen LogP contribution in [-0.4, -0.2) is 28.6 Å². The maximum absolute atomic E-state index is 11.4. The lowest BCUT2D eigenvalue weighted by molar-refractivity contribution is -0.137. The Morgan fingerprint density at radius 3 is 2.48 bits per heavy atom. The van der Waals surface area contributed by atoms with Crippen LogP contribution in [0.2, 0.25) is 0 Å². The number of aryl methyl sites for hydroxylation is 2. The maximum atomic E-state index is 11.4. The van der Waals surface area contributed by atoms with E-state index in [0.717, 1.165) is 52.3 Å². The molecule has 144 valence electrons. The van der Waals surface area contributed by atoms with Crippen molar-refractivity contribution in [2.75, 3.05) is 0 Å². The first-order chi connectivity index (χ1) is 12.7. The minimum atomic E-state index is -4.23. The van der Waals surface area contributed by atoms with E-state index in [2.05, 4.69) is 18.4 Å². The Labute approximate surface area is 158 Å². The Kier molecular flexibility index (Phi) is 5.26. The Hall–Kier alpha value is -2.38. The molecule has 0 saturated heterocycles. The lowest BCUT2D eigenvalue weighted by Gasteiger charge is -2.09. The van der Waals surface area contributed by atoms with Gasteiger partial charge < -0.3 is 9.67 Å². The summed E-state index contributed by atoms with van der Waals surface area (Å²) < 4.78 is 34.3. The van der Waals surface area contributed by atoms with Gasteiger partial charge in [0.25, 0.3) is 10.1 Å². The van der Waals surface area contributed by atoms with Crippen molar-refractivity contribution in [3.8, 4) is 0 Å². The van der Waals surface area contributed by atoms with E-state index >= 15 is 0 Å². The molecule has 0 fully saturated rings. The smallest absolute Gasteiger partial charge is 0.303 e. The molecule has 27 heavy (non-hydrogen) atoms. The minimum Gasteiger partial charge on any atom is -0.481 e. The molecule has 2 aromatic carbocycles. The average molecular weight is 389 g/mol. The first-order valence-corrected chi connectivity index (χ1v) is 10.4. The van der Waals surface area contributed by atoms with Crippen molar-refractivity contribution in [2.24, 2.45) is 0 Å². The molecule has 0 spiro atoms. The van der Waals surface area contributed by atoms with Gasteiger partial charge >= 0.3 is 5.97 Å². The highest BCUT2D eigenvalue weighted by atomic mass is 32.2. The zero-order valence-electron chi connectivity index (χ0n) is 15.4. The number of benzene rings is 2. The van der Waals surface area contributed by atoms with Gasteiger partial charge in [0.05, 0.1) is 4.90 Å². The average Bonchev–Trinajstić information content (AvgIpc) is 2.84. The second-order valence-electron chi connectivity index (χ2n) is 6.88. The number of rotatable bonds is 7. The number of hydrogen-bond donors (Lipinski definition) is 2. The monoisotopic (exact) mass is 389 g/mol. The molecule has 0 aliphatic carbocycles.